The van der Waals surface area contributed by atoms with Crippen LogP contribution in [0.4, 0.5) is 11.4 Å². The van der Waals surface area contributed by atoms with Crippen LogP contribution in [0.3, 0.4) is 0 Å². The fourth-order valence-corrected chi connectivity index (χ4v) is 2.92. The number of carbonyl (C=O) groups is 2. The second-order valence-corrected chi connectivity index (χ2v) is 6.45. The number of carbonyl (C=O) groups excluding carboxylic acids is 2. The molecule has 8 heteroatoms. The van der Waals surface area contributed by atoms with Gasteiger partial charge in [0, 0.05) is 14.0 Å². The third-order valence-corrected chi connectivity index (χ3v) is 4.38. The SMILES string of the molecule is CC(=O)Nc1ccccc1OCC(=O)Nc1c(C)n(C)n(-c2ccccc2)c1=O. The minimum atomic E-state index is -0.478. The van der Waals surface area contributed by atoms with Crippen LogP contribution in [-0.2, 0) is 16.6 Å². The van der Waals surface area contributed by atoms with Crippen molar-refractivity contribution in [1.82, 2.24) is 9.36 Å². The zero-order valence-electron chi connectivity index (χ0n) is 16.4. The molecule has 0 atom stereocenters. The Kier molecular flexibility index (Phi) is 5.82. The molecule has 1 heterocycles. The van der Waals surface area contributed by atoms with Crippen molar-refractivity contribution in [2.75, 3.05) is 17.2 Å². The lowest BCUT2D eigenvalue weighted by atomic mass is 10.3. The normalized spacial score (nSPS) is 10.4. The quantitative estimate of drug-likeness (QED) is 0.672. The molecule has 1 aromatic heterocycles. The van der Waals surface area contributed by atoms with Crippen molar-refractivity contribution in [2.24, 2.45) is 7.05 Å². The van der Waals surface area contributed by atoms with Crippen molar-refractivity contribution in [1.29, 1.82) is 0 Å². The Bertz CT molecular complexity index is 1100. The first-order valence-electron chi connectivity index (χ1n) is 9.01. The second-order valence-electron chi connectivity index (χ2n) is 6.45. The predicted octanol–water partition coefficient (Wildman–Crippen LogP) is 2.46. The fourth-order valence-electron chi connectivity index (χ4n) is 2.92. The third-order valence-electron chi connectivity index (χ3n) is 4.38. The van der Waals surface area contributed by atoms with Gasteiger partial charge < -0.3 is 15.4 Å². The summed E-state index contributed by atoms with van der Waals surface area (Å²) in [4.78, 5) is 36.5. The standard InChI is InChI=1S/C21H22N4O4/c1-14-20(21(28)25(24(14)3)16-9-5-4-6-10-16)23-19(27)13-29-18-12-8-7-11-17(18)22-15(2)26/h4-12H,13H2,1-3H3,(H,22,26)(H,23,27). The van der Waals surface area contributed by atoms with Gasteiger partial charge >= 0.3 is 0 Å². The van der Waals surface area contributed by atoms with Crippen molar-refractivity contribution in [3.05, 3.63) is 70.6 Å². The van der Waals surface area contributed by atoms with Gasteiger partial charge in [0.25, 0.3) is 11.5 Å². The van der Waals surface area contributed by atoms with E-state index in [0.29, 0.717) is 22.8 Å². The first-order chi connectivity index (χ1) is 13.9. The van der Waals surface area contributed by atoms with Crippen molar-refractivity contribution in [2.45, 2.75) is 13.8 Å². The predicted molar refractivity (Wildman–Crippen MR) is 111 cm³/mol. The third kappa shape index (κ3) is 4.37. The maximum atomic E-state index is 12.8. The number of ether oxygens (including phenoxy) is 1. The number of aromatic nitrogens is 2. The molecule has 3 aromatic rings. The molecule has 0 bridgehead atoms. The topological polar surface area (TPSA) is 94.4 Å². The van der Waals surface area contributed by atoms with Gasteiger partial charge in [-0.25, -0.2) is 4.68 Å². The van der Waals surface area contributed by atoms with Crippen molar-refractivity contribution in [3.63, 3.8) is 0 Å². The van der Waals surface area contributed by atoms with Crippen LogP contribution in [0.5, 0.6) is 5.75 Å². The van der Waals surface area contributed by atoms with E-state index in [4.69, 9.17) is 4.74 Å². The van der Waals surface area contributed by atoms with E-state index >= 15 is 0 Å². The van der Waals surface area contributed by atoms with Crippen LogP contribution >= 0.6 is 0 Å². The van der Waals surface area contributed by atoms with Gasteiger partial charge in [-0.2, -0.15) is 0 Å². The monoisotopic (exact) mass is 394 g/mol. The lowest BCUT2D eigenvalue weighted by Crippen LogP contribution is -2.26. The van der Waals surface area contributed by atoms with Gasteiger partial charge in [-0.05, 0) is 31.2 Å². The van der Waals surface area contributed by atoms with Crippen LogP contribution < -0.4 is 20.9 Å². The number of amides is 2. The van der Waals surface area contributed by atoms with Crippen LogP contribution in [0, 0.1) is 6.92 Å². The number of anilines is 2. The number of hydrogen-bond acceptors (Lipinski definition) is 4. The summed E-state index contributed by atoms with van der Waals surface area (Å²) in [5, 5.41) is 5.28. The van der Waals surface area contributed by atoms with Crippen LogP contribution in [0.1, 0.15) is 12.6 Å². The van der Waals surface area contributed by atoms with E-state index < -0.39 is 5.91 Å². The molecule has 3 rings (SSSR count). The fraction of sp³-hybridized carbons (Fsp3) is 0.190. The molecule has 0 aliphatic rings. The van der Waals surface area contributed by atoms with E-state index in [9.17, 15) is 14.4 Å². The molecular formula is C21H22N4O4. The van der Waals surface area contributed by atoms with E-state index in [0.717, 1.165) is 0 Å². The van der Waals surface area contributed by atoms with Crippen molar-refractivity contribution >= 4 is 23.2 Å². The smallest absolute Gasteiger partial charge is 0.295 e. The highest BCUT2D eigenvalue weighted by atomic mass is 16.5. The average molecular weight is 394 g/mol. The van der Waals surface area contributed by atoms with E-state index in [-0.39, 0.29) is 23.8 Å². The number of nitrogens with zero attached hydrogens (tertiary/aromatic N) is 2. The zero-order valence-corrected chi connectivity index (χ0v) is 16.4. The summed E-state index contributed by atoms with van der Waals surface area (Å²) in [6.45, 7) is 2.83. The Morgan fingerprint density at radius 2 is 1.66 bits per heavy atom. The second kappa shape index (κ2) is 8.47. The zero-order chi connectivity index (χ0) is 21.0. The summed E-state index contributed by atoms with van der Waals surface area (Å²) in [5.74, 6) is -0.357. The molecule has 8 nitrogen and oxygen atoms in total. The maximum absolute atomic E-state index is 12.8. The minimum absolute atomic E-state index is 0.195. The van der Waals surface area contributed by atoms with Gasteiger partial charge in [0.1, 0.15) is 11.4 Å². The summed E-state index contributed by atoms with van der Waals surface area (Å²) in [7, 11) is 1.75. The van der Waals surface area contributed by atoms with Gasteiger partial charge in [0.05, 0.1) is 17.1 Å². The summed E-state index contributed by atoms with van der Waals surface area (Å²) in [6.07, 6.45) is 0. The van der Waals surface area contributed by atoms with Crippen LogP contribution in [0.25, 0.3) is 5.69 Å². The van der Waals surface area contributed by atoms with Gasteiger partial charge in [0.2, 0.25) is 5.91 Å². The molecule has 0 unspecified atom stereocenters. The van der Waals surface area contributed by atoms with E-state index in [1.54, 1.807) is 42.9 Å². The molecule has 0 saturated heterocycles. The number of benzene rings is 2. The minimum Gasteiger partial charge on any atom is -0.482 e. The summed E-state index contributed by atoms with van der Waals surface area (Å²) in [6, 6.07) is 16.0. The average Bonchev–Trinajstić information content (AvgIpc) is 2.91. The molecule has 2 aromatic carbocycles. The molecular weight excluding hydrogens is 372 g/mol. The number of nitrogens with one attached hydrogen (secondary N) is 2. The highest BCUT2D eigenvalue weighted by Crippen LogP contribution is 2.23. The molecule has 0 saturated carbocycles. The molecule has 0 spiro atoms. The first kappa shape index (κ1) is 19.9. The van der Waals surface area contributed by atoms with Crippen molar-refractivity contribution < 1.29 is 14.3 Å². The van der Waals surface area contributed by atoms with Gasteiger partial charge in [-0.3, -0.25) is 19.1 Å². The first-order valence-corrected chi connectivity index (χ1v) is 9.01. The molecule has 0 fully saturated rings. The lowest BCUT2D eigenvalue weighted by Gasteiger charge is -2.11. The van der Waals surface area contributed by atoms with Crippen LogP contribution in [0.2, 0.25) is 0 Å². The highest BCUT2D eigenvalue weighted by molar-refractivity contribution is 5.93. The van der Waals surface area contributed by atoms with Gasteiger partial charge in [-0.15, -0.1) is 0 Å². The van der Waals surface area contributed by atoms with E-state index in [1.807, 2.05) is 30.3 Å². The summed E-state index contributed by atoms with van der Waals surface area (Å²) in [5.41, 5.74) is 1.65. The molecule has 2 amide bonds. The molecule has 2 N–H and O–H groups in total. The van der Waals surface area contributed by atoms with Crippen LogP contribution in [0.15, 0.2) is 59.4 Å². The Morgan fingerprint density at radius 1 is 1.00 bits per heavy atom. The Balaban J connectivity index is 1.76. The number of rotatable bonds is 6. The van der Waals surface area contributed by atoms with E-state index in [2.05, 4.69) is 10.6 Å². The number of para-hydroxylation sites is 3. The van der Waals surface area contributed by atoms with Crippen molar-refractivity contribution in [3.8, 4) is 11.4 Å². The summed E-state index contributed by atoms with van der Waals surface area (Å²) < 4.78 is 8.70. The summed E-state index contributed by atoms with van der Waals surface area (Å²) >= 11 is 0. The highest BCUT2D eigenvalue weighted by Gasteiger charge is 2.18. The lowest BCUT2D eigenvalue weighted by molar-refractivity contribution is -0.118. The molecule has 0 aliphatic heterocycles. The molecule has 150 valence electrons. The Morgan fingerprint density at radius 3 is 2.34 bits per heavy atom. The van der Waals surface area contributed by atoms with Crippen LogP contribution in [-0.4, -0.2) is 27.8 Å². The molecule has 0 radical (unpaired) electrons. The van der Waals surface area contributed by atoms with Gasteiger partial charge in [0.15, 0.2) is 6.61 Å². The Labute approximate surface area is 167 Å². The Hall–Kier alpha value is -3.81. The van der Waals surface area contributed by atoms with Gasteiger partial charge in [-0.1, -0.05) is 30.3 Å². The maximum Gasteiger partial charge on any atom is 0.295 e. The number of hydrogen-bond donors (Lipinski definition) is 2. The largest absolute Gasteiger partial charge is 0.482 e. The molecule has 0 aliphatic carbocycles. The van der Waals surface area contributed by atoms with E-state index in [1.165, 1.54) is 11.6 Å². The molecule has 29 heavy (non-hydrogen) atoms.